The summed E-state index contributed by atoms with van der Waals surface area (Å²) in [5.41, 5.74) is 0. The molecule has 0 aromatic carbocycles. The topological polar surface area (TPSA) is 41.2 Å². The van der Waals surface area contributed by atoms with Crippen LogP contribution in [0.25, 0.3) is 0 Å². The number of nitrogens with zero attached hydrogens (tertiary/aromatic N) is 1. The third kappa shape index (κ3) is 4.01. The highest BCUT2D eigenvalue weighted by atomic mass is 16.4. The molecule has 0 bridgehead atoms. The average molecular weight is 222 g/mol. The number of pyridine rings is 1. The second-order valence-corrected chi connectivity index (χ2v) is 4.03. The highest BCUT2D eigenvalue weighted by Crippen LogP contribution is 2.11. The Hall–Kier alpha value is -1.38. The number of carboxylic acids is 1. The van der Waals surface area contributed by atoms with Crippen molar-refractivity contribution >= 4 is 5.97 Å². The predicted molar refractivity (Wildman–Crippen MR) is 62.1 cm³/mol. The summed E-state index contributed by atoms with van der Waals surface area (Å²) >= 11 is 0. The monoisotopic (exact) mass is 222 g/mol. The minimum absolute atomic E-state index is 0.418. The molecule has 0 aliphatic heterocycles. The van der Waals surface area contributed by atoms with Crippen molar-refractivity contribution in [3.8, 4) is 0 Å². The van der Waals surface area contributed by atoms with E-state index in [1.54, 1.807) is 4.57 Å². The van der Waals surface area contributed by atoms with Gasteiger partial charge in [-0.2, -0.15) is 4.57 Å². The van der Waals surface area contributed by atoms with Crippen LogP contribution in [0.3, 0.4) is 0 Å². The number of unbranched alkanes of at least 4 members (excludes halogenated alkanes) is 3. The average Bonchev–Trinajstić information content (AvgIpc) is 2.30. The van der Waals surface area contributed by atoms with Gasteiger partial charge < -0.3 is 5.11 Å². The Kier molecular flexibility index (Phi) is 5.54. The maximum Gasteiger partial charge on any atom is 0.373 e. The third-order valence-electron chi connectivity index (χ3n) is 2.71. The number of hydrogen-bond acceptors (Lipinski definition) is 1. The first-order valence-corrected chi connectivity index (χ1v) is 5.94. The van der Waals surface area contributed by atoms with Gasteiger partial charge in [0.15, 0.2) is 12.4 Å². The standard InChI is InChI=1S/C13H19NO2/c1-2-3-4-6-9-12(13(15)16)14-10-7-5-8-11-14/h5,7-8,10-12H,2-4,6,9H2,1H3/p+1. The fourth-order valence-electron chi connectivity index (χ4n) is 1.78. The van der Waals surface area contributed by atoms with Crippen LogP contribution in [0.15, 0.2) is 30.6 Å². The normalized spacial score (nSPS) is 12.3. The van der Waals surface area contributed by atoms with Crippen LogP contribution in [0.2, 0.25) is 0 Å². The molecule has 3 heteroatoms. The second kappa shape index (κ2) is 6.99. The minimum Gasteiger partial charge on any atom is -0.476 e. The lowest BCUT2D eigenvalue weighted by Gasteiger charge is -2.07. The Balaban J connectivity index is 2.52. The number of hydrogen-bond donors (Lipinski definition) is 1. The SMILES string of the molecule is CCCCCCC(C(=O)O)[n+]1ccccc1. The van der Waals surface area contributed by atoms with Gasteiger partial charge in [0.1, 0.15) is 0 Å². The van der Waals surface area contributed by atoms with E-state index in [-0.39, 0.29) is 0 Å². The molecular formula is C13H20NO2+. The Morgan fingerprint density at radius 3 is 2.44 bits per heavy atom. The molecule has 1 atom stereocenters. The predicted octanol–water partition coefficient (Wildman–Crippen LogP) is 2.57. The Bertz CT molecular complexity index is 311. The first kappa shape index (κ1) is 12.7. The van der Waals surface area contributed by atoms with E-state index in [0.29, 0.717) is 6.42 Å². The van der Waals surface area contributed by atoms with Crippen LogP contribution in [0.5, 0.6) is 0 Å². The maximum atomic E-state index is 11.1. The highest BCUT2D eigenvalue weighted by Gasteiger charge is 2.25. The fourth-order valence-corrected chi connectivity index (χ4v) is 1.78. The number of carbonyl (C=O) groups is 1. The molecule has 16 heavy (non-hydrogen) atoms. The van der Waals surface area contributed by atoms with E-state index in [1.165, 1.54) is 12.8 Å². The van der Waals surface area contributed by atoms with Crippen molar-refractivity contribution in [2.75, 3.05) is 0 Å². The quantitative estimate of drug-likeness (QED) is 0.569. The molecular weight excluding hydrogens is 202 g/mol. The number of aliphatic carboxylic acids is 1. The molecule has 1 aromatic heterocycles. The number of carboxylic acid groups (broad SMARTS) is 1. The molecule has 1 N–H and O–H groups in total. The molecule has 0 radical (unpaired) electrons. The van der Waals surface area contributed by atoms with Crippen LogP contribution >= 0.6 is 0 Å². The fraction of sp³-hybridized carbons (Fsp3) is 0.538. The molecule has 0 spiro atoms. The maximum absolute atomic E-state index is 11.1. The van der Waals surface area contributed by atoms with E-state index < -0.39 is 12.0 Å². The summed E-state index contributed by atoms with van der Waals surface area (Å²) in [4.78, 5) is 11.1. The summed E-state index contributed by atoms with van der Waals surface area (Å²) in [5.74, 6) is -0.743. The third-order valence-corrected chi connectivity index (χ3v) is 2.71. The molecule has 0 aliphatic carbocycles. The van der Waals surface area contributed by atoms with Gasteiger partial charge in [-0.15, -0.1) is 0 Å². The zero-order valence-electron chi connectivity index (χ0n) is 9.80. The van der Waals surface area contributed by atoms with Crippen molar-refractivity contribution in [3.63, 3.8) is 0 Å². The van der Waals surface area contributed by atoms with Crippen molar-refractivity contribution in [2.24, 2.45) is 0 Å². The number of rotatable bonds is 7. The molecule has 88 valence electrons. The Morgan fingerprint density at radius 1 is 1.19 bits per heavy atom. The molecule has 0 fully saturated rings. The zero-order chi connectivity index (χ0) is 11.8. The zero-order valence-corrected chi connectivity index (χ0v) is 9.80. The lowest BCUT2D eigenvalue weighted by molar-refractivity contribution is -0.711. The summed E-state index contributed by atoms with van der Waals surface area (Å²) in [6, 6.07) is 5.20. The van der Waals surface area contributed by atoms with E-state index in [0.717, 1.165) is 12.8 Å². The van der Waals surface area contributed by atoms with Gasteiger partial charge in [-0.25, -0.2) is 4.79 Å². The first-order chi connectivity index (χ1) is 7.75. The molecule has 0 amide bonds. The van der Waals surface area contributed by atoms with Crippen molar-refractivity contribution in [3.05, 3.63) is 30.6 Å². The van der Waals surface area contributed by atoms with Crippen LogP contribution in [-0.4, -0.2) is 11.1 Å². The van der Waals surface area contributed by atoms with E-state index in [1.807, 2.05) is 30.6 Å². The molecule has 1 rings (SSSR count). The van der Waals surface area contributed by atoms with E-state index >= 15 is 0 Å². The summed E-state index contributed by atoms with van der Waals surface area (Å²) in [6.45, 7) is 2.15. The van der Waals surface area contributed by atoms with Gasteiger partial charge in [-0.3, -0.25) is 0 Å². The Labute approximate surface area is 96.7 Å². The van der Waals surface area contributed by atoms with Crippen molar-refractivity contribution in [1.29, 1.82) is 0 Å². The molecule has 1 unspecified atom stereocenters. The van der Waals surface area contributed by atoms with Crippen molar-refractivity contribution in [1.82, 2.24) is 0 Å². The summed E-state index contributed by atoms with van der Waals surface area (Å²) in [7, 11) is 0. The van der Waals surface area contributed by atoms with Crippen LogP contribution in [0.1, 0.15) is 45.1 Å². The molecule has 0 saturated heterocycles. The summed E-state index contributed by atoms with van der Waals surface area (Å²) in [5, 5.41) is 9.16. The van der Waals surface area contributed by atoms with Gasteiger partial charge in [0, 0.05) is 18.6 Å². The van der Waals surface area contributed by atoms with Crippen molar-refractivity contribution < 1.29 is 14.5 Å². The molecule has 1 aromatic rings. The summed E-state index contributed by atoms with van der Waals surface area (Å²) < 4.78 is 1.77. The molecule has 1 heterocycles. The van der Waals surface area contributed by atoms with Gasteiger partial charge in [0.25, 0.3) is 6.04 Å². The minimum atomic E-state index is -0.743. The second-order valence-electron chi connectivity index (χ2n) is 4.03. The van der Waals surface area contributed by atoms with Gasteiger partial charge in [-0.1, -0.05) is 32.3 Å². The van der Waals surface area contributed by atoms with Crippen LogP contribution in [-0.2, 0) is 4.79 Å². The van der Waals surface area contributed by atoms with Gasteiger partial charge >= 0.3 is 5.97 Å². The van der Waals surface area contributed by atoms with Crippen molar-refractivity contribution in [2.45, 2.75) is 45.1 Å². The van der Waals surface area contributed by atoms with E-state index in [9.17, 15) is 4.79 Å². The Morgan fingerprint density at radius 2 is 1.88 bits per heavy atom. The number of aromatic nitrogens is 1. The largest absolute Gasteiger partial charge is 0.476 e. The van der Waals surface area contributed by atoms with Gasteiger partial charge in [-0.05, 0) is 6.42 Å². The molecule has 0 aliphatic rings. The van der Waals surface area contributed by atoms with Crippen LogP contribution in [0.4, 0.5) is 0 Å². The lowest BCUT2D eigenvalue weighted by Crippen LogP contribution is -2.43. The van der Waals surface area contributed by atoms with Gasteiger partial charge in [0.05, 0.1) is 0 Å². The van der Waals surface area contributed by atoms with Crippen LogP contribution in [0, 0.1) is 0 Å². The van der Waals surface area contributed by atoms with E-state index in [4.69, 9.17) is 5.11 Å². The van der Waals surface area contributed by atoms with Gasteiger partial charge in [0.2, 0.25) is 0 Å². The smallest absolute Gasteiger partial charge is 0.373 e. The highest BCUT2D eigenvalue weighted by molar-refractivity contribution is 5.69. The molecule has 0 saturated carbocycles. The summed E-state index contributed by atoms with van der Waals surface area (Å²) in [6.07, 6.45) is 8.81. The first-order valence-electron chi connectivity index (χ1n) is 5.94. The lowest BCUT2D eigenvalue weighted by atomic mass is 10.1. The molecule has 3 nitrogen and oxygen atoms in total. The van der Waals surface area contributed by atoms with E-state index in [2.05, 4.69) is 6.92 Å². The van der Waals surface area contributed by atoms with Crippen LogP contribution < -0.4 is 4.57 Å².